The van der Waals surface area contributed by atoms with Crippen molar-refractivity contribution in [2.45, 2.75) is 52.1 Å². The van der Waals surface area contributed by atoms with Crippen LogP contribution in [0, 0.1) is 12.8 Å². The number of carbonyl (C=O) groups is 1. The standard InChI is InChI=1S/C21H33N3O/c1-17-7-3-5-9-19(17)15-23-11-13-24(14-12-23)16-21(25)22-20-10-6-4-8-18(20)2/h3,5,7,9,18,20H,4,6,8,10-16H2,1-2H3,(H,22,25)/p+2/t18-,20-/m0/s1. The van der Waals surface area contributed by atoms with Crippen LogP contribution in [0.5, 0.6) is 0 Å². The van der Waals surface area contributed by atoms with Crippen molar-refractivity contribution >= 4 is 5.91 Å². The molecule has 2 atom stereocenters. The van der Waals surface area contributed by atoms with E-state index in [0.29, 0.717) is 18.5 Å². The second-order valence-corrected chi connectivity index (χ2v) is 8.22. The van der Waals surface area contributed by atoms with E-state index >= 15 is 0 Å². The van der Waals surface area contributed by atoms with Gasteiger partial charge in [0.05, 0.1) is 0 Å². The molecule has 1 aromatic rings. The molecule has 1 heterocycles. The fourth-order valence-electron chi connectivity index (χ4n) is 4.40. The molecule has 25 heavy (non-hydrogen) atoms. The van der Waals surface area contributed by atoms with Gasteiger partial charge in [0.25, 0.3) is 5.91 Å². The molecule has 0 bridgehead atoms. The topological polar surface area (TPSA) is 38.0 Å². The first-order chi connectivity index (χ1) is 12.1. The summed E-state index contributed by atoms with van der Waals surface area (Å²) < 4.78 is 0. The van der Waals surface area contributed by atoms with Crippen molar-refractivity contribution in [2.75, 3.05) is 32.7 Å². The summed E-state index contributed by atoms with van der Waals surface area (Å²) in [6.07, 6.45) is 5.02. The molecule has 1 amide bonds. The summed E-state index contributed by atoms with van der Waals surface area (Å²) in [6.45, 7) is 10.8. The van der Waals surface area contributed by atoms with Gasteiger partial charge in [-0.25, -0.2) is 0 Å². The van der Waals surface area contributed by atoms with Gasteiger partial charge < -0.3 is 15.1 Å². The molecule has 0 radical (unpaired) electrons. The lowest BCUT2D eigenvalue weighted by molar-refractivity contribution is -1.02. The third-order valence-electron chi connectivity index (χ3n) is 6.23. The Morgan fingerprint density at radius 3 is 2.48 bits per heavy atom. The molecule has 2 aliphatic rings. The van der Waals surface area contributed by atoms with Crippen LogP contribution < -0.4 is 15.1 Å². The first-order valence-electron chi connectivity index (χ1n) is 10.1. The van der Waals surface area contributed by atoms with Gasteiger partial charge in [-0.2, -0.15) is 0 Å². The van der Waals surface area contributed by atoms with E-state index in [1.54, 1.807) is 4.90 Å². The van der Waals surface area contributed by atoms with E-state index in [4.69, 9.17) is 0 Å². The Morgan fingerprint density at radius 2 is 1.76 bits per heavy atom. The quantitative estimate of drug-likeness (QED) is 0.689. The minimum absolute atomic E-state index is 0.260. The molecule has 0 aromatic heterocycles. The SMILES string of the molecule is Cc1ccccc1C[NH+]1CC[NH+](CC(=O)N[C@H]2CCCC[C@@H]2C)CC1. The minimum Gasteiger partial charge on any atom is -0.348 e. The molecule has 0 spiro atoms. The molecule has 4 heteroatoms. The first kappa shape index (κ1) is 18.4. The van der Waals surface area contributed by atoms with Crippen molar-refractivity contribution in [3.05, 3.63) is 35.4 Å². The fraction of sp³-hybridized carbons (Fsp3) is 0.667. The maximum absolute atomic E-state index is 12.4. The summed E-state index contributed by atoms with van der Waals surface area (Å²) in [5.41, 5.74) is 2.86. The maximum atomic E-state index is 12.4. The number of amides is 1. The number of rotatable bonds is 5. The molecular weight excluding hydrogens is 310 g/mol. The number of carbonyl (C=O) groups excluding carboxylic acids is 1. The van der Waals surface area contributed by atoms with Crippen LogP contribution in [-0.4, -0.2) is 44.7 Å². The third-order valence-corrected chi connectivity index (χ3v) is 6.23. The molecule has 1 aromatic carbocycles. The normalized spacial score (nSPS) is 30.0. The average Bonchev–Trinajstić information content (AvgIpc) is 2.61. The molecular formula is C21H35N3O+2. The predicted octanol–water partition coefficient (Wildman–Crippen LogP) is -0.0267. The van der Waals surface area contributed by atoms with Gasteiger partial charge >= 0.3 is 0 Å². The van der Waals surface area contributed by atoms with E-state index < -0.39 is 0 Å². The third kappa shape index (κ3) is 5.29. The zero-order valence-corrected chi connectivity index (χ0v) is 15.9. The van der Waals surface area contributed by atoms with Crippen molar-refractivity contribution in [3.63, 3.8) is 0 Å². The molecule has 1 aliphatic carbocycles. The predicted molar refractivity (Wildman–Crippen MR) is 101 cm³/mol. The molecule has 2 fully saturated rings. The van der Waals surface area contributed by atoms with Crippen LogP contribution in [-0.2, 0) is 11.3 Å². The van der Waals surface area contributed by atoms with Crippen LogP contribution in [0.15, 0.2) is 24.3 Å². The molecule has 1 saturated carbocycles. The van der Waals surface area contributed by atoms with E-state index in [1.165, 1.54) is 35.3 Å². The Labute approximate surface area is 152 Å². The maximum Gasteiger partial charge on any atom is 0.275 e. The molecule has 0 unspecified atom stereocenters. The number of hydrogen-bond donors (Lipinski definition) is 3. The molecule has 4 nitrogen and oxygen atoms in total. The second kappa shape index (κ2) is 8.81. The lowest BCUT2D eigenvalue weighted by Crippen LogP contribution is -3.28. The highest BCUT2D eigenvalue weighted by Crippen LogP contribution is 2.23. The fourth-order valence-corrected chi connectivity index (χ4v) is 4.40. The van der Waals surface area contributed by atoms with E-state index in [1.807, 2.05) is 0 Å². The summed E-state index contributed by atoms with van der Waals surface area (Å²) in [7, 11) is 0. The van der Waals surface area contributed by atoms with Crippen molar-refractivity contribution in [3.8, 4) is 0 Å². The number of nitrogens with one attached hydrogen (secondary N) is 3. The molecule has 3 N–H and O–H groups in total. The Balaban J connectivity index is 1.40. The van der Waals surface area contributed by atoms with Gasteiger partial charge in [-0.05, 0) is 31.2 Å². The van der Waals surface area contributed by atoms with Crippen LogP contribution in [0.4, 0.5) is 0 Å². The van der Waals surface area contributed by atoms with Crippen molar-refractivity contribution in [1.29, 1.82) is 0 Å². The number of piperazine rings is 1. The molecule has 138 valence electrons. The smallest absolute Gasteiger partial charge is 0.275 e. The van der Waals surface area contributed by atoms with Gasteiger partial charge in [-0.15, -0.1) is 0 Å². The zero-order chi connectivity index (χ0) is 17.6. The number of aryl methyl sites for hydroxylation is 1. The van der Waals surface area contributed by atoms with Crippen molar-refractivity contribution < 1.29 is 14.6 Å². The molecule has 3 rings (SSSR count). The summed E-state index contributed by atoms with van der Waals surface area (Å²) in [5, 5.41) is 3.31. The van der Waals surface area contributed by atoms with Crippen LogP contribution in [0.2, 0.25) is 0 Å². The van der Waals surface area contributed by atoms with Crippen LogP contribution in [0.3, 0.4) is 0 Å². The lowest BCUT2D eigenvalue weighted by Gasteiger charge is -2.32. The minimum atomic E-state index is 0.260. The zero-order valence-electron chi connectivity index (χ0n) is 15.9. The monoisotopic (exact) mass is 345 g/mol. The van der Waals surface area contributed by atoms with Crippen LogP contribution in [0.1, 0.15) is 43.7 Å². The van der Waals surface area contributed by atoms with Crippen LogP contribution in [0.25, 0.3) is 0 Å². The van der Waals surface area contributed by atoms with Gasteiger partial charge in [-0.3, -0.25) is 4.79 Å². The van der Waals surface area contributed by atoms with E-state index in [9.17, 15) is 4.79 Å². The van der Waals surface area contributed by atoms with Gasteiger partial charge in [0.2, 0.25) is 0 Å². The number of hydrogen-bond acceptors (Lipinski definition) is 1. The Morgan fingerprint density at radius 1 is 1.08 bits per heavy atom. The molecule has 1 aliphatic heterocycles. The number of benzene rings is 1. The Hall–Kier alpha value is -1.39. The second-order valence-electron chi connectivity index (χ2n) is 8.22. The van der Waals surface area contributed by atoms with Gasteiger partial charge in [0.15, 0.2) is 6.54 Å². The first-order valence-corrected chi connectivity index (χ1v) is 10.1. The Bertz CT molecular complexity index is 566. The summed E-state index contributed by atoms with van der Waals surface area (Å²) in [6, 6.07) is 9.11. The highest BCUT2D eigenvalue weighted by molar-refractivity contribution is 5.77. The largest absolute Gasteiger partial charge is 0.348 e. The van der Waals surface area contributed by atoms with Gasteiger partial charge in [-0.1, -0.05) is 44.0 Å². The molecule has 1 saturated heterocycles. The van der Waals surface area contributed by atoms with Crippen LogP contribution >= 0.6 is 0 Å². The summed E-state index contributed by atoms with van der Waals surface area (Å²) in [4.78, 5) is 15.5. The van der Waals surface area contributed by atoms with Gasteiger partial charge in [0.1, 0.15) is 32.7 Å². The Kier molecular flexibility index (Phi) is 6.49. The highest BCUT2D eigenvalue weighted by atomic mass is 16.2. The van der Waals surface area contributed by atoms with E-state index in [0.717, 1.165) is 39.1 Å². The van der Waals surface area contributed by atoms with E-state index in [2.05, 4.69) is 43.4 Å². The average molecular weight is 346 g/mol. The highest BCUT2D eigenvalue weighted by Gasteiger charge is 2.27. The van der Waals surface area contributed by atoms with Crippen molar-refractivity contribution in [1.82, 2.24) is 5.32 Å². The van der Waals surface area contributed by atoms with Crippen molar-refractivity contribution in [2.24, 2.45) is 5.92 Å². The lowest BCUT2D eigenvalue weighted by atomic mass is 9.86. The number of quaternary nitrogens is 2. The summed E-state index contributed by atoms with van der Waals surface area (Å²) >= 11 is 0. The summed E-state index contributed by atoms with van der Waals surface area (Å²) in [5.74, 6) is 0.902. The van der Waals surface area contributed by atoms with E-state index in [-0.39, 0.29) is 5.91 Å². The van der Waals surface area contributed by atoms with Gasteiger partial charge in [0, 0.05) is 11.6 Å².